The molecule has 3 nitrogen and oxygen atoms in total. The highest BCUT2D eigenvalue weighted by atomic mass is 32.1. The average molecular weight is 323 g/mol. The van der Waals surface area contributed by atoms with Crippen molar-refractivity contribution in [2.45, 2.75) is 31.1 Å². The molecule has 0 bridgehead atoms. The van der Waals surface area contributed by atoms with Crippen LogP contribution in [0.5, 0.6) is 0 Å². The summed E-state index contributed by atoms with van der Waals surface area (Å²) in [5.74, 6) is 0.281. The van der Waals surface area contributed by atoms with Gasteiger partial charge in [0.2, 0.25) is 5.91 Å². The molecule has 23 heavy (non-hydrogen) atoms. The van der Waals surface area contributed by atoms with Crippen LogP contribution in [0.2, 0.25) is 0 Å². The van der Waals surface area contributed by atoms with Crippen molar-refractivity contribution in [3.63, 3.8) is 0 Å². The van der Waals surface area contributed by atoms with Gasteiger partial charge in [0.15, 0.2) is 5.78 Å². The van der Waals surface area contributed by atoms with Crippen LogP contribution in [0, 0.1) is 0 Å². The number of carbonyl (C=O) groups excluding carboxylic acids is 2. The van der Waals surface area contributed by atoms with Gasteiger partial charge in [0.1, 0.15) is 0 Å². The van der Waals surface area contributed by atoms with Crippen LogP contribution in [0.25, 0.3) is 0 Å². The summed E-state index contributed by atoms with van der Waals surface area (Å²) in [6.45, 7) is 0. The molecule has 0 radical (unpaired) electrons. The number of amides is 1. The van der Waals surface area contributed by atoms with Gasteiger partial charge in [-0.05, 0) is 23.4 Å². The molecule has 1 aliphatic heterocycles. The predicted octanol–water partition coefficient (Wildman–Crippen LogP) is 3.75. The highest BCUT2D eigenvalue weighted by Crippen LogP contribution is 2.43. The molecule has 2 atom stereocenters. The third-order valence-corrected chi connectivity index (χ3v) is 5.72. The van der Waals surface area contributed by atoms with Crippen LogP contribution >= 0.6 is 11.3 Å². The van der Waals surface area contributed by atoms with E-state index in [9.17, 15) is 9.59 Å². The van der Waals surface area contributed by atoms with Gasteiger partial charge in [0, 0.05) is 40.8 Å². The molecule has 0 spiro atoms. The zero-order chi connectivity index (χ0) is 15.8. The van der Waals surface area contributed by atoms with E-state index in [-0.39, 0.29) is 23.5 Å². The lowest BCUT2D eigenvalue weighted by Crippen LogP contribution is -2.38. The van der Waals surface area contributed by atoms with Crippen molar-refractivity contribution in [1.29, 1.82) is 0 Å². The smallest absolute Gasteiger partial charge is 0.225 e. The Hall–Kier alpha value is -2.20. The summed E-state index contributed by atoms with van der Waals surface area (Å²) < 4.78 is 0. The molecular weight excluding hydrogens is 306 g/mol. The molecule has 1 N–H and O–H groups in total. The molecule has 0 saturated heterocycles. The van der Waals surface area contributed by atoms with Gasteiger partial charge >= 0.3 is 0 Å². The van der Waals surface area contributed by atoms with Crippen LogP contribution in [0.15, 0.2) is 59.1 Å². The number of nitrogens with one attached hydrogen (secondary N) is 1. The molecule has 1 aliphatic carbocycles. The van der Waals surface area contributed by atoms with Crippen LogP contribution < -0.4 is 5.32 Å². The minimum Gasteiger partial charge on any atom is -0.329 e. The van der Waals surface area contributed by atoms with Crippen molar-refractivity contribution in [2.24, 2.45) is 0 Å². The predicted molar refractivity (Wildman–Crippen MR) is 90.3 cm³/mol. The van der Waals surface area contributed by atoms with E-state index in [0.717, 1.165) is 23.3 Å². The molecule has 2 aliphatic rings. The van der Waals surface area contributed by atoms with E-state index >= 15 is 0 Å². The number of thiophene rings is 1. The Balaban J connectivity index is 1.73. The standard InChI is InChI=1S/C19H17NO2S/c21-16-10-13(17-7-4-8-23-17)9-15-19(16)14(11-18(22)20-15)12-5-2-1-3-6-12/h1-8,13-14H,9-11H2,(H,20,22)/t13-,14-/m1/s1. The number of hydrogen-bond donors (Lipinski definition) is 1. The molecule has 116 valence electrons. The van der Waals surface area contributed by atoms with E-state index < -0.39 is 0 Å². The summed E-state index contributed by atoms with van der Waals surface area (Å²) in [6.07, 6.45) is 1.65. The molecule has 0 unspecified atom stereocenters. The SMILES string of the molecule is O=C1C[C@H](c2ccccc2)C2=C(C[C@@H](c3cccs3)CC2=O)N1. The van der Waals surface area contributed by atoms with Gasteiger partial charge in [-0.15, -0.1) is 11.3 Å². The zero-order valence-electron chi connectivity index (χ0n) is 12.6. The fourth-order valence-corrected chi connectivity index (χ4v) is 4.49. The molecular formula is C19H17NO2S. The first-order valence-corrected chi connectivity index (χ1v) is 8.75. The second kappa shape index (κ2) is 5.78. The topological polar surface area (TPSA) is 46.2 Å². The Bertz CT molecular complexity index is 777. The van der Waals surface area contributed by atoms with Gasteiger partial charge < -0.3 is 5.32 Å². The van der Waals surface area contributed by atoms with Crippen molar-refractivity contribution in [2.75, 3.05) is 0 Å². The lowest BCUT2D eigenvalue weighted by molar-refractivity contribution is -0.122. The summed E-state index contributed by atoms with van der Waals surface area (Å²) in [7, 11) is 0. The molecule has 2 aromatic rings. The quantitative estimate of drug-likeness (QED) is 0.915. The summed E-state index contributed by atoms with van der Waals surface area (Å²) in [4.78, 5) is 26.2. The summed E-state index contributed by atoms with van der Waals surface area (Å²) >= 11 is 1.68. The first kappa shape index (κ1) is 14.4. The first-order valence-electron chi connectivity index (χ1n) is 7.87. The Morgan fingerprint density at radius 3 is 2.52 bits per heavy atom. The van der Waals surface area contributed by atoms with E-state index in [4.69, 9.17) is 0 Å². The normalized spacial score (nSPS) is 24.3. The fourth-order valence-electron chi connectivity index (χ4n) is 3.65. The Labute approximate surface area is 139 Å². The van der Waals surface area contributed by atoms with E-state index in [1.54, 1.807) is 11.3 Å². The van der Waals surface area contributed by atoms with E-state index in [2.05, 4.69) is 11.4 Å². The summed E-state index contributed by atoms with van der Waals surface area (Å²) in [5.41, 5.74) is 2.71. The van der Waals surface area contributed by atoms with Gasteiger partial charge in [0.25, 0.3) is 0 Å². The summed E-state index contributed by atoms with van der Waals surface area (Å²) in [5, 5.41) is 5.00. The van der Waals surface area contributed by atoms with E-state index in [1.807, 2.05) is 41.8 Å². The van der Waals surface area contributed by atoms with Gasteiger partial charge in [-0.25, -0.2) is 0 Å². The first-order chi connectivity index (χ1) is 11.2. The maximum absolute atomic E-state index is 12.8. The minimum absolute atomic E-state index is 0.0113. The van der Waals surface area contributed by atoms with Crippen molar-refractivity contribution in [1.82, 2.24) is 5.32 Å². The van der Waals surface area contributed by atoms with Gasteiger partial charge in [-0.2, -0.15) is 0 Å². The number of benzene rings is 1. The van der Waals surface area contributed by atoms with Crippen molar-refractivity contribution >= 4 is 23.0 Å². The van der Waals surface area contributed by atoms with E-state index in [1.165, 1.54) is 4.88 Å². The van der Waals surface area contributed by atoms with Crippen molar-refractivity contribution in [3.8, 4) is 0 Å². The maximum atomic E-state index is 12.8. The van der Waals surface area contributed by atoms with Crippen LogP contribution in [0.3, 0.4) is 0 Å². The fraction of sp³-hybridized carbons (Fsp3) is 0.263. The second-order valence-corrected chi connectivity index (χ2v) is 7.13. The largest absolute Gasteiger partial charge is 0.329 e. The molecule has 2 heterocycles. The molecule has 1 aromatic carbocycles. The highest BCUT2D eigenvalue weighted by Gasteiger charge is 2.38. The molecule has 0 fully saturated rings. The van der Waals surface area contributed by atoms with Gasteiger partial charge in [0.05, 0.1) is 0 Å². The number of carbonyl (C=O) groups is 2. The van der Waals surface area contributed by atoms with Crippen LogP contribution in [0.4, 0.5) is 0 Å². The minimum atomic E-state index is -0.100. The number of ketones is 1. The van der Waals surface area contributed by atoms with Crippen LogP contribution in [-0.2, 0) is 9.59 Å². The highest BCUT2D eigenvalue weighted by molar-refractivity contribution is 7.10. The van der Waals surface area contributed by atoms with Gasteiger partial charge in [-0.1, -0.05) is 36.4 Å². The van der Waals surface area contributed by atoms with Crippen molar-refractivity contribution < 1.29 is 9.59 Å². The van der Waals surface area contributed by atoms with E-state index in [0.29, 0.717) is 12.8 Å². The number of hydrogen-bond acceptors (Lipinski definition) is 3. The van der Waals surface area contributed by atoms with Gasteiger partial charge in [-0.3, -0.25) is 9.59 Å². The zero-order valence-corrected chi connectivity index (χ0v) is 13.4. The molecule has 4 heteroatoms. The lowest BCUT2D eigenvalue weighted by Gasteiger charge is -2.34. The Morgan fingerprint density at radius 2 is 1.78 bits per heavy atom. The average Bonchev–Trinajstić information content (AvgIpc) is 3.09. The molecule has 1 aromatic heterocycles. The Kier molecular flexibility index (Phi) is 3.62. The monoisotopic (exact) mass is 323 g/mol. The molecule has 0 saturated carbocycles. The summed E-state index contributed by atoms with van der Waals surface area (Å²) in [6, 6.07) is 14.0. The molecule has 1 amide bonds. The van der Waals surface area contributed by atoms with Crippen LogP contribution in [0.1, 0.15) is 41.5 Å². The second-order valence-electron chi connectivity index (χ2n) is 6.15. The van der Waals surface area contributed by atoms with Crippen molar-refractivity contribution in [3.05, 3.63) is 69.6 Å². The number of rotatable bonds is 2. The number of allylic oxidation sites excluding steroid dienone is 2. The van der Waals surface area contributed by atoms with Crippen LogP contribution in [-0.4, -0.2) is 11.7 Å². The Morgan fingerprint density at radius 1 is 0.957 bits per heavy atom. The lowest BCUT2D eigenvalue weighted by atomic mass is 9.75. The third-order valence-electron chi connectivity index (χ3n) is 4.68. The maximum Gasteiger partial charge on any atom is 0.225 e. The molecule has 4 rings (SSSR count). The third kappa shape index (κ3) is 2.63. The number of Topliss-reactive ketones (excluding diaryl/α,β-unsaturated/α-hetero) is 1.